The quantitative estimate of drug-likeness (QED) is 0.180. The number of carbonyl (C=O) groups excluding carboxylic acids is 1. The summed E-state index contributed by atoms with van der Waals surface area (Å²) in [6, 6.07) is 32.4. The van der Waals surface area contributed by atoms with Crippen molar-refractivity contribution >= 4 is 40.0 Å². The fourth-order valence-electron chi connectivity index (χ4n) is 6.22. The van der Waals surface area contributed by atoms with E-state index in [4.69, 9.17) is 19.2 Å². The van der Waals surface area contributed by atoms with Crippen molar-refractivity contribution < 1.29 is 19.0 Å². The Labute approximate surface area is 281 Å². The highest BCUT2D eigenvalue weighted by atomic mass is 32.1. The summed E-state index contributed by atoms with van der Waals surface area (Å²) in [6.07, 6.45) is 4.01. The minimum Gasteiger partial charge on any atom is -0.497 e. The highest BCUT2D eigenvalue weighted by Gasteiger charge is 2.37. The number of ether oxygens (including phenoxy) is 3. The van der Waals surface area contributed by atoms with Gasteiger partial charge in [-0.25, -0.2) is 9.79 Å². The third-order valence-corrected chi connectivity index (χ3v) is 9.39. The third-order valence-electron chi connectivity index (χ3n) is 8.41. The highest BCUT2D eigenvalue weighted by Crippen LogP contribution is 2.40. The van der Waals surface area contributed by atoms with E-state index in [2.05, 4.69) is 35.0 Å². The summed E-state index contributed by atoms with van der Waals surface area (Å²) in [5.74, 6) is 0.495. The van der Waals surface area contributed by atoms with Crippen molar-refractivity contribution in [2.24, 2.45) is 4.99 Å². The van der Waals surface area contributed by atoms with Crippen LogP contribution in [0.5, 0.6) is 11.5 Å². The molecule has 0 spiro atoms. The third kappa shape index (κ3) is 5.62. The van der Waals surface area contributed by atoms with Crippen LogP contribution in [-0.4, -0.2) is 35.9 Å². The number of rotatable bonds is 9. The summed E-state index contributed by atoms with van der Waals surface area (Å²) in [7, 11) is 3.13. The Hall–Kier alpha value is -5.67. The van der Waals surface area contributed by atoms with Gasteiger partial charge >= 0.3 is 5.97 Å². The van der Waals surface area contributed by atoms with Gasteiger partial charge in [0.05, 0.1) is 36.6 Å². The van der Waals surface area contributed by atoms with Crippen LogP contribution in [0.4, 0.5) is 0 Å². The molecule has 7 rings (SSSR count). The molecule has 1 atom stereocenters. The van der Waals surface area contributed by atoms with Gasteiger partial charge in [0.2, 0.25) is 0 Å². The second-order valence-corrected chi connectivity index (χ2v) is 12.3. The molecule has 2 aromatic heterocycles. The lowest BCUT2D eigenvalue weighted by Gasteiger charge is -2.27. The molecule has 0 fully saturated rings. The Morgan fingerprint density at radius 2 is 1.65 bits per heavy atom. The summed E-state index contributed by atoms with van der Waals surface area (Å²) in [5.41, 5.74) is 4.94. The van der Waals surface area contributed by atoms with Gasteiger partial charge in [-0.2, -0.15) is 0 Å². The molecule has 0 saturated carbocycles. The zero-order chi connectivity index (χ0) is 33.2. The van der Waals surface area contributed by atoms with Gasteiger partial charge in [-0.05, 0) is 36.8 Å². The predicted molar refractivity (Wildman–Crippen MR) is 188 cm³/mol. The Morgan fingerprint density at radius 3 is 2.38 bits per heavy atom. The van der Waals surface area contributed by atoms with Crippen LogP contribution >= 0.6 is 11.3 Å². The number of methoxy groups -OCH3 is 2. The number of nitrogens with zero attached hydrogens (tertiary/aromatic N) is 3. The Kier molecular flexibility index (Phi) is 8.52. The number of para-hydroxylation sites is 1. The van der Waals surface area contributed by atoms with Crippen molar-refractivity contribution in [3.05, 3.63) is 157 Å². The monoisotopic (exact) mass is 655 g/mol. The number of benzene rings is 4. The maximum atomic E-state index is 14.6. The number of hydrogen-bond acceptors (Lipinski definition) is 7. The average Bonchev–Trinajstić information content (AvgIpc) is 3.63. The topological polar surface area (TPSA) is 84.1 Å². The van der Waals surface area contributed by atoms with Crippen LogP contribution in [0.25, 0.3) is 22.7 Å². The molecule has 6 aromatic rings. The van der Waals surface area contributed by atoms with Crippen LogP contribution in [-0.2, 0) is 16.1 Å². The normalized spacial score (nSPS) is 14.5. The molecule has 0 amide bonds. The molecule has 0 aliphatic carbocycles. The first kappa shape index (κ1) is 31.0. The Bertz CT molecular complexity index is 2350. The smallest absolute Gasteiger partial charge is 0.338 e. The van der Waals surface area contributed by atoms with Crippen LogP contribution in [0.3, 0.4) is 0 Å². The molecule has 0 unspecified atom stereocenters. The lowest BCUT2D eigenvalue weighted by Crippen LogP contribution is -2.40. The molecule has 0 N–H and O–H groups in total. The summed E-state index contributed by atoms with van der Waals surface area (Å²) in [6.45, 7) is 2.61. The zero-order valence-corrected chi connectivity index (χ0v) is 27.6. The second-order valence-electron chi connectivity index (χ2n) is 11.3. The van der Waals surface area contributed by atoms with E-state index in [9.17, 15) is 9.59 Å². The lowest BCUT2D eigenvalue weighted by atomic mass is 9.92. The van der Waals surface area contributed by atoms with Crippen molar-refractivity contribution in [2.75, 3.05) is 20.8 Å². The fraction of sp³-hybridized carbons (Fsp3) is 0.154. The van der Waals surface area contributed by atoms with Gasteiger partial charge in [0.15, 0.2) is 4.80 Å². The Balaban J connectivity index is 1.48. The fourth-order valence-corrected chi connectivity index (χ4v) is 7.21. The summed E-state index contributed by atoms with van der Waals surface area (Å²) in [4.78, 5) is 33.9. The number of fused-ring (bicyclic) bond motifs is 2. The molecular formula is C39H33N3O5S. The molecular weight excluding hydrogens is 623 g/mol. The van der Waals surface area contributed by atoms with Crippen LogP contribution < -0.4 is 24.4 Å². The van der Waals surface area contributed by atoms with E-state index in [1.165, 1.54) is 16.9 Å². The van der Waals surface area contributed by atoms with Gasteiger partial charge in [0.25, 0.3) is 5.56 Å². The number of hydrogen-bond donors (Lipinski definition) is 0. The molecule has 240 valence electrons. The van der Waals surface area contributed by atoms with E-state index >= 15 is 0 Å². The zero-order valence-electron chi connectivity index (χ0n) is 26.8. The summed E-state index contributed by atoms with van der Waals surface area (Å²) in [5, 5.41) is 1.03. The molecule has 8 nitrogen and oxygen atoms in total. The molecule has 1 aliphatic rings. The van der Waals surface area contributed by atoms with Crippen molar-refractivity contribution in [1.82, 2.24) is 9.13 Å². The molecule has 0 radical (unpaired) electrons. The SMILES string of the molecule is CCOC(=O)C1=C(c2ccccc2)N=c2s/c(=C\c3cn(Cc4ccccc4)c4ccccc34)c(=O)n2[C@@H]1c1ccc(OC)cc1OC. The van der Waals surface area contributed by atoms with Crippen LogP contribution in [0.2, 0.25) is 0 Å². The van der Waals surface area contributed by atoms with Crippen molar-refractivity contribution in [2.45, 2.75) is 19.5 Å². The van der Waals surface area contributed by atoms with E-state index in [0.29, 0.717) is 38.6 Å². The number of thiazole rings is 1. The van der Waals surface area contributed by atoms with Crippen LogP contribution in [0.1, 0.15) is 35.2 Å². The van der Waals surface area contributed by atoms with E-state index in [1.54, 1.807) is 37.8 Å². The Morgan fingerprint density at radius 1 is 0.917 bits per heavy atom. The molecule has 48 heavy (non-hydrogen) atoms. The highest BCUT2D eigenvalue weighted by molar-refractivity contribution is 7.07. The van der Waals surface area contributed by atoms with E-state index < -0.39 is 12.0 Å². The van der Waals surface area contributed by atoms with Crippen molar-refractivity contribution in [3.8, 4) is 11.5 Å². The summed E-state index contributed by atoms with van der Waals surface area (Å²) >= 11 is 1.29. The molecule has 4 aromatic carbocycles. The first-order valence-electron chi connectivity index (χ1n) is 15.6. The van der Waals surface area contributed by atoms with Crippen molar-refractivity contribution in [3.63, 3.8) is 0 Å². The van der Waals surface area contributed by atoms with Crippen LogP contribution in [0, 0.1) is 0 Å². The predicted octanol–water partition coefficient (Wildman–Crippen LogP) is 5.96. The van der Waals surface area contributed by atoms with Gasteiger partial charge in [-0.3, -0.25) is 9.36 Å². The largest absolute Gasteiger partial charge is 0.497 e. The lowest BCUT2D eigenvalue weighted by molar-refractivity contribution is -0.138. The van der Waals surface area contributed by atoms with Gasteiger partial charge in [-0.1, -0.05) is 90.2 Å². The van der Waals surface area contributed by atoms with E-state index in [-0.39, 0.29) is 17.7 Å². The minimum atomic E-state index is -0.877. The van der Waals surface area contributed by atoms with Gasteiger partial charge in [0.1, 0.15) is 17.5 Å². The molecule has 9 heteroatoms. The van der Waals surface area contributed by atoms with E-state index in [1.807, 2.05) is 72.8 Å². The number of carbonyl (C=O) groups is 1. The maximum absolute atomic E-state index is 14.6. The standard InChI is InChI=1S/C39H33N3O5S/c1-4-47-38(44)34-35(26-15-9-6-10-16-26)40-39-42(36(34)30-20-19-28(45-2)22-32(30)46-3)37(43)33(48-39)21-27-24-41(23-25-13-7-5-8-14-25)31-18-12-11-17-29(27)31/h5-22,24,36H,4,23H2,1-3H3/b33-21-/t36-/m1/s1. The maximum Gasteiger partial charge on any atom is 0.338 e. The van der Waals surface area contributed by atoms with Crippen molar-refractivity contribution in [1.29, 1.82) is 0 Å². The molecule has 3 heterocycles. The number of aromatic nitrogens is 2. The number of esters is 1. The van der Waals surface area contributed by atoms with Crippen LogP contribution in [0.15, 0.2) is 125 Å². The first-order valence-corrected chi connectivity index (χ1v) is 16.4. The molecule has 1 aliphatic heterocycles. The second kappa shape index (κ2) is 13.2. The molecule has 0 saturated heterocycles. The van der Waals surface area contributed by atoms with Gasteiger partial charge in [-0.15, -0.1) is 0 Å². The summed E-state index contributed by atoms with van der Waals surface area (Å²) < 4.78 is 21.2. The van der Waals surface area contributed by atoms with Gasteiger partial charge in [0, 0.05) is 46.4 Å². The first-order chi connectivity index (χ1) is 23.5. The van der Waals surface area contributed by atoms with E-state index in [0.717, 1.165) is 22.0 Å². The average molecular weight is 656 g/mol. The van der Waals surface area contributed by atoms with Gasteiger partial charge < -0.3 is 18.8 Å². The minimum absolute atomic E-state index is 0.161. The molecule has 0 bridgehead atoms.